The van der Waals surface area contributed by atoms with Crippen molar-refractivity contribution in [2.45, 2.75) is 27.2 Å². The summed E-state index contributed by atoms with van der Waals surface area (Å²) in [6.45, 7) is 6.80. The van der Waals surface area contributed by atoms with Crippen molar-refractivity contribution in [1.82, 2.24) is 9.97 Å². The highest BCUT2D eigenvalue weighted by atomic mass is 35.5. The van der Waals surface area contributed by atoms with E-state index in [0.29, 0.717) is 22.6 Å². The average molecular weight is 292 g/mol. The molecule has 0 radical (unpaired) electrons. The largest absolute Gasteiger partial charge is 0.437 e. The Bertz CT molecular complexity index is 602. The number of hydrogen-bond acceptors (Lipinski definition) is 4. The second-order valence-corrected chi connectivity index (χ2v) is 5.05. The van der Waals surface area contributed by atoms with Gasteiger partial charge in [-0.25, -0.2) is 4.98 Å². The highest BCUT2D eigenvalue weighted by Crippen LogP contribution is 2.30. The van der Waals surface area contributed by atoms with Gasteiger partial charge in [0.05, 0.1) is 5.02 Å². The Hall–Kier alpha value is -1.81. The number of nitrogens with one attached hydrogen (secondary N) is 1. The second-order valence-electron chi connectivity index (χ2n) is 4.64. The van der Waals surface area contributed by atoms with Gasteiger partial charge in [-0.3, -0.25) is 0 Å². The van der Waals surface area contributed by atoms with Crippen LogP contribution >= 0.6 is 11.6 Å². The zero-order valence-corrected chi connectivity index (χ0v) is 12.7. The van der Waals surface area contributed by atoms with Gasteiger partial charge < -0.3 is 10.1 Å². The number of ether oxygens (including phenoxy) is 1. The predicted molar refractivity (Wildman–Crippen MR) is 81.8 cm³/mol. The van der Waals surface area contributed by atoms with Gasteiger partial charge in [-0.15, -0.1) is 0 Å². The third-order valence-corrected chi connectivity index (χ3v) is 3.05. The molecule has 0 saturated heterocycles. The van der Waals surface area contributed by atoms with Crippen molar-refractivity contribution in [3.8, 4) is 11.6 Å². The SMILES string of the molecule is CCCNc1ncc(C)c(Oc2ccc(C)cc2Cl)n1. The molecule has 0 atom stereocenters. The Labute approximate surface area is 124 Å². The third kappa shape index (κ3) is 3.61. The smallest absolute Gasteiger partial charge is 0.227 e. The minimum Gasteiger partial charge on any atom is -0.437 e. The van der Waals surface area contributed by atoms with Crippen molar-refractivity contribution < 1.29 is 4.74 Å². The lowest BCUT2D eigenvalue weighted by molar-refractivity contribution is 0.458. The van der Waals surface area contributed by atoms with Gasteiger partial charge in [0, 0.05) is 18.3 Å². The van der Waals surface area contributed by atoms with Gasteiger partial charge in [0.15, 0.2) is 0 Å². The van der Waals surface area contributed by atoms with Crippen LogP contribution in [0.2, 0.25) is 5.02 Å². The molecule has 0 aliphatic carbocycles. The molecule has 0 aliphatic heterocycles. The van der Waals surface area contributed by atoms with Gasteiger partial charge in [-0.05, 0) is 38.0 Å². The number of aromatic nitrogens is 2. The summed E-state index contributed by atoms with van der Waals surface area (Å²) in [7, 11) is 0. The Morgan fingerprint density at radius 3 is 2.80 bits per heavy atom. The number of nitrogens with zero attached hydrogens (tertiary/aromatic N) is 2. The van der Waals surface area contributed by atoms with Crippen LogP contribution in [0.1, 0.15) is 24.5 Å². The van der Waals surface area contributed by atoms with Crippen LogP contribution in [0.4, 0.5) is 5.95 Å². The first-order valence-electron chi connectivity index (χ1n) is 6.61. The van der Waals surface area contributed by atoms with E-state index in [4.69, 9.17) is 16.3 Å². The number of anilines is 1. The zero-order valence-electron chi connectivity index (χ0n) is 11.9. The molecule has 20 heavy (non-hydrogen) atoms. The van der Waals surface area contributed by atoms with Gasteiger partial charge in [0.2, 0.25) is 11.8 Å². The summed E-state index contributed by atoms with van der Waals surface area (Å²) in [6, 6.07) is 5.66. The summed E-state index contributed by atoms with van der Waals surface area (Å²) >= 11 is 6.17. The van der Waals surface area contributed by atoms with Crippen LogP contribution in [0.5, 0.6) is 11.6 Å². The van der Waals surface area contributed by atoms with E-state index in [-0.39, 0.29) is 0 Å². The van der Waals surface area contributed by atoms with E-state index in [2.05, 4.69) is 22.2 Å². The Morgan fingerprint density at radius 1 is 1.30 bits per heavy atom. The fourth-order valence-electron chi connectivity index (χ4n) is 1.64. The Morgan fingerprint density at radius 2 is 2.10 bits per heavy atom. The van der Waals surface area contributed by atoms with Crippen molar-refractivity contribution in [2.24, 2.45) is 0 Å². The van der Waals surface area contributed by atoms with E-state index in [9.17, 15) is 0 Å². The minimum absolute atomic E-state index is 0.518. The Balaban J connectivity index is 2.23. The van der Waals surface area contributed by atoms with Crippen LogP contribution in [-0.4, -0.2) is 16.5 Å². The lowest BCUT2D eigenvalue weighted by Gasteiger charge is -2.11. The molecule has 2 aromatic rings. The first kappa shape index (κ1) is 14.6. The first-order chi connectivity index (χ1) is 9.60. The molecule has 4 nitrogen and oxygen atoms in total. The van der Waals surface area contributed by atoms with E-state index in [1.165, 1.54) is 0 Å². The quantitative estimate of drug-likeness (QED) is 0.889. The number of rotatable bonds is 5. The molecule has 1 aromatic carbocycles. The summed E-state index contributed by atoms with van der Waals surface area (Å²) < 4.78 is 5.79. The highest BCUT2D eigenvalue weighted by molar-refractivity contribution is 6.32. The molecule has 106 valence electrons. The topological polar surface area (TPSA) is 47.0 Å². The van der Waals surface area contributed by atoms with E-state index >= 15 is 0 Å². The summed E-state index contributed by atoms with van der Waals surface area (Å²) in [5.41, 5.74) is 1.95. The molecular weight excluding hydrogens is 274 g/mol. The van der Waals surface area contributed by atoms with Crippen LogP contribution in [-0.2, 0) is 0 Å². The molecule has 2 rings (SSSR count). The number of benzene rings is 1. The van der Waals surface area contributed by atoms with Crippen LogP contribution in [0.15, 0.2) is 24.4 Å². The monoisotopic (exact) mass is 291 g/mol. The zero-order chi connectivity index (χ0) is 14.5. The molecule has 0 aliphatic rings. The molecule has 0 bridgehead atoms. The van der Waals surface area contributed by atoms with Gasteiger partial charge in [0.1, 0.15) is 5.75 Å². The second kappa shape index (κ2) is 6.57. The predicted octanol–water partition coefficient (Wildman–Crippen LogP) is 4.36. The van der Waals surface area contributed by atoms with Gasteiger partial charge >= 0.3 is 0 Å². The van der Waals surface area contributed by atoms with Gasteiger partial charge in [0.25, 0.3) is 0 Å². The number of halogens is 1. The van der Waals surface area contributed by atoms with Crippen molar-refractivity contribution in [3.05, 3.63) is 40.5 Å². The molecule has 0 amide bonds. The van der Waals surface area contributed by atoms with Gasteiger partial charge in [-0.2, -0.15) is 4.98 Å². The molecule has 0 spiro atoms. The van der Waals surface area contributed by atoms with Crippen molar-refractivity contribution in [2.75, 3.05) is 11.9 Å². The fourth-order valence-corrected chi connectivity index (χ4v) is 1.92. The average Bonchev–Trinajstić information content (AvgIpc) is 2.42. The van der Waals surface area contributed by atoms with Crippen molar-refractivity contribution >= 4 is 17.5 Å². The normalized spacial score (nSPS) is 10.4. The molecule has 0 saturated carbocycles. The third-order valence-electron chi connectivity index (χ3n) is 2.75. The number of aryl methyl sites for hydroxylation is 2. The maximum absolute atomic E-state index is 6.17. The Kier molecular flexibility index (Phi) is 4.79. The summed E-state index contributed by atoms with van der Waals surface area (Å²) in [5, 5.41) is 3.71. The first-order valence-corrected chi connectivity index (χ1v) is 6.99. The standard InChI is InChI=1S/C15H18ClN3O/c1-4-7-17-15-18-9-11(3)14(19-15)20-13-6-5-10(2)8-12(13)16/h5-6,8-9H,4,7H2,1-3H3,(H,17,18,19). The molecule has 1 heterocycles. The van der Waals surface area contributed by atoms with E-state index in [1.54, 1.807) is 6.20 Å². The van der Waals surface area contributed by atoms with E-state index in [0.717, 1.165) is 24.1 Å². The van der Waals surface area contributed by atoms with Crippen LogP contribution in [0.25, 0.3) is 0 Å². The minimum atomic E-state index is 0.518. The molecule has 1 aromatic heterocycles. The van der Waals surface area contributed by atoms with Gasteiger partial charge in [-0.1, -0.05) is 24.6 Å². The summed E-state index contributed by atoms with van der Waals surface area (Å²) in [5.74, 6) is 1.68. The molecule has 5 heteroatoms. The van der Waals surface area contributed by atoms with E-state index < -0.39 is 0 Å². The summed E-state index contributed by atoms with van der Waals surface area (Å²) in [4.78, 5) is 8.58. The van der Waals surface area contributed by atoms with Crippen molar-refractivity contribution in [1.29, 1.82) is 0 Å². The van der Waals surface area contributed by atoms with E-state index in [1.807, 2.05) is 32.0 Å². The molecule has 0 fully saturated rings. The maximum Gasteiger partial charge on any atom is 0.227 e. The van der Waals surface area contributed by atoms with Crippen molar-refractivity contribution in [3.63, 3.8) is 0 Å². The van der Waals surface area contributed by atoms with Crippen LogP contribution < -0.4 is 10.1 Å². The molecule has 0 unspecified atom stereocenters. The maximum atomic E-state index is 6.17. The highest BCUT2D eigenvalue weighted by Gasteiger charge is 2.09. The number of hydrogen-bond donors (Lipinski definition) is 1. The summed E-state index contributed by atoms with van der Waals surface area (Å²) in [6.07, 6.45) is 2.75. The lowest BCUT2D eigenvalue weighted by atomic mass is 10.2. The van der Waals surface area contributed by atoms with Crippen LogP contribution in [0, 0.1) is 13.8 Å². The van der Waals surface area contributed by atoms with Crippen LogP contribution in [0.3, 0.4) is 0 Å². The fraction of sp³-hybridized carbons (Fsp3) is 0.333. The molecule has 1 N–H and O–H groups in total. The molecular formula is C15H18ClN3O. The lowest BCUT2D eigenvalue weighted by Crippen LogP contribution is -2.05.